The molecule has 4 rings (SSSR count). The van der Waals surface area contributed by atoms with E-state index < -0.39 is 5.97 Å². The molecule has 3 fully saturated rings. The highest BCUT2D eigenvalue weighted by atomic mass is 16.9. The van der Waals surface area contributed by atoms with Gasteiger partial charge in [0.2, 0.25) is 0 Å². The zero-order chi connectivity index (χ0) is 10.8. The van der Waals surface area contributed by atoms with Gasteiger partial charge in [-0.05, 0) is 12.1 Å². The fraction of sp³-hybridized carbons (Fsp3) is 0.500. The Morgan fingerprint density at radius 3 is 2.31 bits per heavy atom. The Morgan fingerprint density at radius 1 is 1.06 bits per heavy atom. The maximum atomic E-state index is 5.59. The van der Waals surface area contributed by atoms with Crippen LogP contribution in [-0.4, -0.2) is 32.4 Å². The summed E-state index contributed by atoms with van der Waals surface area (Å²) in [6.07, 6.45) is 0. The zero-order valence-corrected chi connectivity index (χ0v) is 8.93. The standard InChI is InChI=1S/C12H14O4/c1-2-4-11(5-3-1)13-9-12-14-6-10(7-15-12)8-16-12/h1-5,10H,6-9H2. The van der Waals surface area contributed by atoms with Crippen molar-refractivity contribution in [2.75, 3.05) is 26.4 Å². The van der Waals surface area contributed by atoms with Crippen molar-refractivity contribution in [2.45, 2.75) is 5.97 Å². The molecule has 4 heteroatoms. The van der Waals surface area contributed by atoms with Crippen LogP contribution in [0.2, 0.25) is 0 Å². The van der Waals surface area contributed by atoms with Crippen molar-refractivity contribution in [3.63, 3.8) is 0 Å². The molecule has 0 unspecified atom stereocenters. The Balaban J connectivity index is 1.62. The van der Waals surface area contributed by atoms with E-state index in [1.807, 2.05) is 30.3 Å². The molecule has 86 valence electrons. The molecule has 0 spiro atoms. The molecule has 0 aliphatic carbocycles. The lowest BCUT2D eigenvalue weighted by molar-refractivity contribution is -0.453. The van der Waals surface area contributed by atoms with Crippen LogP contribution in [0.15, 0.2) is 30.3 Å². The Hall–Kier alpha value is -1.10. The average molecular weight is 222 g/mol. The van der Waals surface area contributed by atoms with E-state index in [0.717, 1.165) is 5.75 Å². The van der Waals surface area contributed by atoms with Crippen molar-refractivity contribution in [2.24, 2.45) is 5.92 Å². The summed E-state index contributed by atoms with van der Waals surface area (Å²) in [5, 5.41) is 0. The van der Waals surface area contributed by atoms with Crippen LogP contribution in [0, 0.1) is 5.92 Å². The van der Waals surface area contributed by atoms with Crippen LogP contribution < -0.4 is 4.74 Å². The molecule has 0 radical (unpaired) electrons. The Morgan fingerprint density at radius 2 is 1.69 bits per heavy atom. The molecule has 0 aromatic heterocycles. The number of benzene rings is 1. The monoisotopic (exact) mass is 222 g/mol. The predicted octanol–water partition coefficient (Wildman–Crippen LogP) is 1.41. The minimum Gasteiger partial charge on any atom is -0.485 e. The first-order valence-electron chi connectivity index (χ1n) is 5.46. The van der Waals surface area contributed by atoms with Crippen molar-refractivity contribution in [1.29, 1.82) is 0 Å². The molecule has 3 heterocycles. The third kappa shape index (κ3) is 1.91. The Bertz CT molecular complexity index is 330. The Kier molecular flexibility index (Phi) is 2.55. The summed E-state index contributed by atoms with van der Waals surface area (Å²) in [4.78, 5) is 0. The number of para-hydroxylation sites is 1. The van der Waals surface area contributed by atoms with Crippen molar-refractivity contribution in [1.82, 2.24) is 0 Å². The van der Waals surface area contributed by atoms with Gasteiger partial charge in [0.25, 0.3) is 0 Å². The van der Waals surface area contributed by atoms with Crippen LogP contribution in [0.25, 0.3) is 0 Å². The van der Waals surface area contributed by atoms with Gasteiger partial charge in [0.15, 0.2) is 6.61 Å². The molecule has 0 amide bonds. The summed E-state index contributed by atoms with van der Waals surface area (Å²) < 4.78 is 22.1. The summed E-state index contributed by atoms with van der Waals surface area (Å²) in [5.41, 5.74) is 0. The quantitative estimate of drug-likeness (QED) is 0.775. The van der Waals surface area contributed by atoms with Crippen molar-refractivity contribution < 1.29 is 18.9 Å². The lowest BCUT2D eigenvalue weighted by atomic mass is 10.1. The highest BCUT2D eigenvalue weighted by Gasteiger charge is 2.45. The summed E-state index contributed by atoms with van der Waals surface area (Å²) in [7, 11) is 0. The first-order chi connectivity index (χ1) is 7.86. The maximum absolute atomic E-state index is 5.59. The number of rotatable bonds is 3. The van der Waals surface area contributed by atoms with Crippen LogP contribution in [0.4, 0.5) is 0 Å². The molecule has 4 nitrogen and oxygen atoms in total. The molecule has 16 heavy (non-hydrogen) atoms. The van der Waals surface area contributed by atoms with Crippen molar-refractivity contribution in [3.8, 4) is 5.75 Å². The number of hydrogen-bond donors (Lipinski definition) is 0. The largest absolute Gasteiger partial charge is 0.485 e. The Labute approximate surface area is 94.1 Å². The van der Waals surface area contributed by atoms with E-state index in [1.165, 1.54) is 0 Å². The van der Waals surface area contributed by atoms with Gasteiger partial charge in [0.05, 0.1) is 19.8 Å². The van der Waals surface area contributed by atoms with Gasteiger partial charge in [0.1, 0.15) is 5.75 Å². The molecule has 3 aliphatic rings. The average Bonchev–Trinajstić information content (AvgIpc) is 2.40. The minimum absolute atomic E-state index is 0.268. The van der Waals surface area contributed by atoms with Crippen molar-refractivity contribution >= 4 is 0 Å². The van der Waals surface area contributed by atoms with Crippen LogP contribution in [0.3, 0.4) is 0 Å². The molecule has 0 saturated carbocycles. The summed E-state index contributed by atoms with van der Waals surface area (Å²) in [6.45, 7) is 2.35. The molecule has 3 aliphatic heterocycles. The summed E-state index contributed by atoms with van der Waals surface area (Å²) >= 11 is 0. The maximum Gasteiger partial charge on any atom is 0.319 e. The highest BCUT2D eigenvalue weighted by molar-refractivity contribution is 5.20. The predicted molar refractivity (Wildman–Crippen MR) is 56.0 cm³/mol. The molecule has 3 saturated heterocycles. The normalized spacial score (nSPS) is 32.6. The second-order valence-electron chi connectivity index (χ2n) is 4.08. The van der Waals surface area contributed by atoms with E-state index in [1.54, 1.807) is 0 Å². The lowest BCUT2D eigenvalue weighted by Gasteiger charge is -2.44. The van der Waals surface area contributed by atoms with E-state index >= 15 is 0 Å². The third-order valence-corrected chi connectivity index (χ3v) is 2.78. The molecule has 0 N–H and O–H groups in total. The zero-order valence-electron chi connectivity index (χ0n) is 8.93. The van der Waals surface area contributed by atoms with E-state index in [2.05, 4.69) is 0 Å². The minimum atomic E-state index is -0.982. The fourth-order valence-corrected chi connectivity index (χ4v) is 1.82. The molecule has 1 aromatic rings. The SMILES string of the molecule is c1ccc(OCC23OCC(CO2)CO3)cc1. The first kappa shape index (κ1) is 10.1. The lowest BCUT2D eigenvalue weighted by Crippen LogP contribution is -2.57. The van der Waals surface area contributed by atoms with Gasteiger partial charge in [0, 0.05) is 5.92 Å². The fourth-order valence-electron chi connectivity index (χ4n) is 1.82. The molecule has 2 bridgehead atoms. The second kappa shape index (κ2) is 4.05. The third-order valence-electron chi connectivity index (χ3n) is 2.78. The number of ether oxygens (including phenoxy) is 4. The number of hydrogen-bond acceptors (Lipinski definition) is 4. The van der Waals surface area contributed by atoms with Crippen LogP contribution >= 0.6 is 0 Å². The second-order valence-corrected chi connectivity index (χ2v) is 4.08. The number of fused-ring (bicyclic) bond motifs is 3. The van der Waals surface area contributed by atoms with Gasteiger partial charge in [-0.25, -0.2) is 0 Å². The molecular formula is C12H14O4. The molecule has 0 atom stereocenters. The van der Waals surface area contributed by atoms with E-state index in [0.29, 0.717) is 25.7 Å². The van der Waals surface area contributed by atoms with Gasteiger partial charge in [-0.2, -0.15) is 0 Å². The topological polar surface area (TPSA) is 36.9 Å². The smallest absolute Gasteiger partial charge is 0.319 e. The van der Waals surface area contributed by atoms with E-state index in [9.17, 15) is 0 Å². The van der Waals surface area contributed by atoms with E-state index in [4.69, 9.17) is 18.9 Å². The first-order valence-corrected chi connectivity index (χ1v) is 5.46. The van der Waals surface area contributed by atoms with Crippen LogP contribution in [-0.2, 0) is 14.2 Å². The van der Waals surface area contributed by atoms with Crippen LogP contribution in [0.1, 0.15) is 0 Å². The van der Waals surface area contributed by atoms with Gasteiger partial charge >= 0.3 is 5.97 Å². The molecular weight excluding hydrogens is 208 g/mol. The summed E-state index contributed by atoms with van der Waals surface area (Å²) in [6, 6.07) is 9.58. The van der Waals surface area contributed by atoms with Gasteiger partial charge in [-0.15, -0.1) is 0 Å². The van der Waals surface area contributed by atoms with Gasteiger partial charge in [-0.1, -0.05) is 18.2 Å². The van der Waals surface area contributed by atoms with Crippen LogP contribution in [0.5, 0.6) is 5.75 Å². The van der Waals surface area contributed by atoms with Gasteiger partial charge in [-0.3, -0.25) is 0 Å². The van der Waals surface area contributed by atoms with Gasteiger partial charge < -0.3 is 18.9 Å². The van der Waals surface area contributed by atoms with Crippen molar-refractivity contribution in [3.05, 3.63) is 30.3 Å². The summed E-state index contributed by atoms with van der Waals surface area (Å²) in [5.74, 6) is 0.184. The van der Waals surface area contributed by atoms with E-state index in [-0.39, 0.29) is 6.61 Å². The highest BCUT2D eigenvalue weighted by Crippen LogP contribution is 2.30. The molecule has 1 aromatic carbocycles.